The number of likely N-dealkylation sites (N-methyl/N-ethyl adjacent to an activating group) is 2. The Labute approximate surface area is 597 Å². The van der Waals surface area contributed by atoms with Crippen molar-refractivity contribution in [1.29, 1.82) is 0 Å². The van der Waals surface area contributed by atoms with Gasteiger partial charge < -0.3 is 39.1 Å². The standard InChI is InChI=1S/C36H49NO2.C20H25N.C16H25IO2.C4H12N2.H6P4.H5P3.H3P/c1-33(2,3)22-36(10,11)26-15-18-32(39-23-38-12)31(21-26)37-29-16-13-24(34(4,5)6)19-27(29)28-20-25(35(7,8)9)14-17-30(28)37;1-19(2,3)13-7-9-17-15(11-13)16-12-14(20(4,5)6)8-10-18(16)21-17;1-15(2,3)10-16(4,5)12-7-8-14(13(17)9-12)19-11-18-6;1-5-3-4-6-2;1-4(2)3;1-3-2;/h13-21H,22-23H2,1-12H3;7-12,21H,1-6H3;7-9H,10-11H2,1-6H3;5-6H,3-4H2,1-2H3;1-3H2;3H,1-2H2;1H3. The molecule has 0 fully saturated rings. The summed E-state index contributed by atoms with van der Waals surface area (Å²) in [7, 11) is 21.2. The zero-order chi connectivity index (χ0) is 70.2. The van der Waals surface area contributed by atoms with Crippen LogP contribution in [0.4, 0.5) is 0 Å². The molecule has 520 valence electrons. The van der Waals surface area contributed by atoms with Gasteiger partial charge in [0.05, 0.1) is 20.3 Å². The first-order valence-electron chi connectivity index (χ1n) is 32.1. The average molecular weight is 1530 g/mol. The highest BCUT2D eigenvalue weighted by Gasteiger charge is 2.31. The summed E-state index contributed by atoms with van der Waals surface area (Å²) < 4.78 is 25.5. The Morgan fingerprint density at radius 3 is 1.06 bits per heavy atom. The van der Waals surface area contributed by atoms with Crippen molar-refractivity contribution in [2.24, 2.45) is 10.8 Å². The summed E-state index contributed by atoms with van der Waals surface area (Å²) in [4.78, 5) is 3.54. The number of benzene rings is 6. The van der Waals surface area contributed by atoms with E-state index in [0.29, 0.717) is 12.2 Å². The Kier molecular flexibility index (Phi) is 35.6. The van der Waals surface area contributed by atoms with E-state index < -0.39 is 0 Å². The molecule has 8 aromatic rings. The van der Waals surface area contributed by atoms with Gasteiger partial charge in [0, 0.05) is 59.9 Å². The molecular formula is C76H125IN4O4P8. The van der Waals surface area contributed by atoms with Crippen LogP contribution in [-0.2, 0) is 42.0 Å². The lowest BCUT2D eigenvalue weighted by Gasteiger charge is -2.33. The van der Waals surface area contributed by atoms with Gasteiger partial charge in [-0.2, -0.15) is 9.90 Å². The Morgan fingerprint density at radius 2 is 0.753 bits per heavy atom. The van der Waals surface area contributed by atoms with E-state index in [1.165, 1.54) is 77.0 Å². The molecule has 6 aromatic carbocycles. The third-order valence-electron chi connectivity index (χ3n) is 15.8. The quantitative estimate of drug-likeness (QED) is 0.0436. The van der Waals surface area contributed by atoms with E-state index >= 15 is 0 Å². The summed E-state index contributed by atoms with van der Waals surface area (Å²) in [6.07, 6.45) is 2.23. The Hall–Kier alpha value is -1.47. The Bertz CT molecular complexity index is 3430. The van der Waals surface area contributed by atoms with Crippen molar-refractivity contribution in [3.63, 3.8) is 0 Å². The van der Waals surface area contributed by atoms with Crippen molar-refractivity contribution in [3.05, 3.63) is 146 Å². The number of hydrogen-bond donors (Lipinski definition) is 3. The molecule has 2 heterocycles. The van der Waals surface area contributed by atoms with Gasteiger partial charge in [0.25, 0.3) is 0 Å². The van der Waals surface area contributed by atoms with E-state index in [9.17, 15) is 0 Å². The first kappa shape index (κ1) is 87.6. The molecule has 8 nitrogen and oxygen atoms in total. The number of aromatic amines is 1. The smallest absolute Gasteiger partial charge is 0.188 e. The second kappa shape index (κ2) is 37.8. The highest BCUT2D eigenvalue weighted by Crippen LogP contribution is 2.60. The lowest BCUT2D eigenvalue weighted by Crippen LogP contribution is -2.25. The molecule has 0 amide bonds. The fourth-order valence-corrected chi connectivity index (χ4v) is 12.3. The first-order valence-corrected chi connectivity index (χ1v) is 44.0. The molecule has 0 aliphatic heterocycles. The van der Waals surface area contributed by atoms with Crippen LogP contribution in [-0.4, -0.2) is 64.5 Å². The van der Waals surface area contributed by atoms with Crippen molar-refractivity contribution in [2.45, 2.75) is 198 Å². The van der Waals surface area contributed by atoms with Gasteiger partial charge in [-0.3, -0.25) is 0 Å². The van der Waals surface area contributed by atoms with Crippen molar-refractivity contribution in [3.8, 4) is 17.2 Å². The van der Waals surface area contributed by atoms with Gasteiger partial charge >= 0.3 is 0 Å². The zero-order valence-electron chi connectivity index (χ0n) is 62.1. The van der Waals surface area contributed by atoms with Crippen LogP contribution in [0.1, 0.15) is 199 Å². The molecule has 0 aliphatic carbocycles. The fraction of sp³-hybridized carbons (Fsp3) is 0.526. The molecule has 2 aromatic heterocycles. The van der Waals surface area contributed by atoms with Gasteiger partial charge in [-0.05, 0) is 206 Å². The molecule has 6 atom stereocenters. The van der Waals surface area contributed by atoms with Crippen LogP contribution in [0, 0.1) is 14.4 Å². The Morgan fingerprint density at radius 1 is 0.452 bits per heavy atom. The van der Waals surface area contributed by atoms with Crippen LogP contribution in [0.5, 0.6) is 11.5 Å². The lowest BCUT2D eigenvalue weighted by molar-refractivity contribution is 0.0504. The molecule has 0 radical (unpaired) electrons. The normalized spacial score (nSPS) is 12.4. The van der Waals surface area contributed by atoms with Crippen LogP contribution < -0.4 is 20.1 Å². The minimum Gasteiger partial charge on any atom is -0.466 e. The van der Waals surface area contributed by atoms with Gasteiger partial charge in [0.2, 0.25) is 0 Å². The topological polar surface area (TPSA) is 81.7 Å². The molecule has 93 heavy (non-hydrogen) atoms. The molecule has 0 saturated carbocycles. The van der Waals surface area contributed by atoms with Gasteiger partial charge in [0.1, 0.15) is 11.5 Å². The van der Waals surface area contributed by atoms with E-state index in [2.05, 4.69) is 343 Å². The van der Waals surface area contributed by atoms with Gasteiger partial charge in [0.15, 0.2) is 13.6 Å². The lowest BCUT2D eigenvalue weighted by atomic mass is 9.72. The SMILES string of the molecule is CC(C)(C)c1ccc2[nH]c3ccc(C(C)(C)C)cc3c2c1.CNCCNC.COCOc1ccc(C(C)(C)CC(C)(C)C)cc1-n1c2ccc(C(C)(C)C)cc2c2cc(C(C)(C)C)ccc21.COCOc1ccc(C(C)(C)CC(C)(C)C)cc1I.P.PP(P)P.PPP. The molecule has 0 aliphatic rings. The molecule has 6 unspecified atom stereocenters. The number of hydrogen-bond acceptors (Lipinski definition) is 6. The van der Waals surface area contributed by atoms with Crippen LogP contribution in [0.15, 0.2) is 109 Å². The summed E-state index contributed by atoms with van der Waals surface area (Å²) in [5.41, 5.74) is 15.2. The van der Waals surface area contributed by atoms with Crippen LogP contribution in [0.25, 0.3) is 49.3 Å². The zero-order valence-corrected chi connectivity index (χ0v) is 73.4. The van der Waals surface area contributed by atoms with Crippen molar-refractivity contribution < 1.29 is 18.9 Å². The third-order valence-corrected chi connectivity index (χ3v) is 16.6. The van der Waals surface area contributed by atoms with Gasteiger partial charge in [-0.1, -0.05) is 197 Å². The molecule has 0 saturated heterocycles. The molecule has 0 spiro atoms. The van der Waals surface area contributed by atoms with E-state index in [-0.39, 0.29) is 61.6 Å². The summed E-state index contributed by atoms with van der Waals surface area (Å²) in [5.74, 6) is 1.71. The predicted molar refractivity (Wildman–Crippen MR) is 452 cm³/mol. The molecule has 0 bridgehead atoms. The van der Waals surface area contributed by atoms with Gasteiger partial charge in [-0.15, -0.1) is 44.6 Å². The maximum atomic E-state index is 6.19. The minimum atomic E-state index is 0. The van der Waals surface area contributed by atoms with Crippen molar-refractivity contribution >= 4 is 136 Å². The van der Waals surface area contributed by atoms with E-state index in [1.54, 1.807) is 14.2 Å². The van der Waals surface area contributed by atoms with Crippen molar-refractivity contribution in [2.75, 3.05) is 55.0 Å². The van der Waals surface area contributed by atoms with E-state index in [0.717, 1.165) is 54.6 Å². The number of methoxy groups -OCH3 is 2. The molecule has 3 N–H and O–H groups in total. The highest BCUT2D eigenvalue weighted by atomic mass is 127. The number of H-pyrrole nitrogens is 1. The van der Waals surface area contributed by atoms with Crippen LogP contribution in [0.3, 0.4) is 0 Å². The second-order valence-corrected chi connectivity index (χ2v) is 49.1. The van der Waals surface area contributed by atoms with Crippen LogP contribution in [0.2, 0.25) is 0 Å². The van der Waals surface area contributed by atoms with E-state index in [1.807, 2.05) is 20.2 Å². The molecule has 17 heteroatoms. The largest absolute Gasteiger partial charge is 0.466 e. The number of ether oxygens (including phenoxy) is 4. The fourth-order valence-electron chi connectivity index (χ4n) is 11.7. The summed E-state index contributed by atoms with van der Waals surface area (Å²) in [5, 5.41) is 11.2. The second-order valence-electron chi connectivity index (χ2n) is 31.9. The minimum absolute atomic E-state index is 0. The maximum absolute atomic E-state index is 6.19. The number of halogens is 1. The molecular weight excluding hydrogens is 1410 g/mol. The monoisotopic (exact) mass is 1530 g/mol. The summed E-state index contributed by atoms with van der Waals surface area (Å²) >= 11 is 2.32. The molecule has 8 rings (SSSR count). The predicted octanol–water partition coefficient (Wildman–Crippen LogP) is 23.5. The Balaban J connectivity index is 0.000000460. The van der Waals surface area contributed by atoms with Crippen molar-refractivity contribution in [1.82, 2.24) is 20.2 Å². The van der Waals surface area contributed by atoms with Crippen LogP contribution >= 0.6 is 92.1 Å². The highest BCUT2D eigenvalue weighted by molar-refractivity contribution is 14.1. The summed E-state index contributed by atoms with van der Waals surface area (Å²) in [6, 6.07) is 40.7. The first-order chi connectivity index (χ1) is 42.3. The average Bonchev–Trinajstić information content (AvgIpc) is 1.67. The van der Waals surface area contributed by atoms with Gasteiger partial charge in [-0.25, -0.2) is 0 Å². The number of aromatic nitrogens is 2. The number of fused-ring (bicyclic) bond motifs is 6. The summed E-state index contributed by atoms with van der Waals surface area (Å²) in [6.45, 7) is 53.2. The van der Waals surface area contributed by atoms with E-state index in [4.69, 9.17) is 18.9 Å². The maximum Gasteiger partial charge on any atom is 0.188 e. The third kappa shape index (κ3) is 27.9. The number of nitrogens with zero attached hydrogens (tertiary/aromatic N) is 1. The number of rotatable bonds is 14. The number of nitrogens with one attached hydrogen (secondary N) is 3.